The van der Waals surface area contributed by atoms with E-state index in [0.29, 0.717) is 23.9 Å². The van der Waals surface area contributed by atoms with E-state index in [1.54, 1.807) is 0 Å². The Hall–Kier alpha value is -1.91. The number of rotatable bonds is 9. The molecule has 4 aromatic carbocycles. The molecule has 1 heterocycles. The minimum Gasteiger partial charge on any atom is -0.871 e. The first-order valence-electron chi connectivity index (χ1n) is 13.5. The number of nitrogens with two attached hydrogens (primary N) is 1. The maximum Gasteiger partial charge on any atom is 2.00 e. The van der Waals surface area contributed by atoms with Gasteiger partial charge in [0.2, 0.25) is 17.2 Å². The van der Waals surface area contributed by atoms with E-state index in [-0.39, 0.29) is 145 Å². The molecule has 0 atom stereocenters. The zero-order valence-electron chi connectivity index (χ0n) is 28.7. The Morgan fingerprint density at radius 3 is 1.89 bits per heavy atom. The molecule has 1 aromatic heterocycles. The van der Waals surface area contributed by atoms with Crippen LogP contribution in [0, 0.1) is 6.92 Å². The molecule has 0 aliphatic carbocycles. The van der Waals surface area contributed by atoms with Crippen LogP contribution < -0.4 is 110 Å². The molecular weight excluding hydrogens is 891 g/mol. The summed E-state index contributed by atoms with van der Waals surface area (Å²) in [5, 5.41) is 40.5. The summed E-state index contributed by atoms with van der Waals surface area (Å²) >= 11 is 5.85. The zero-order valence-corrected chi connectivity index (χ0v) is 38.9. The predicted molar refractivity (Wildman–Crippen MR) is 170 cm³/mol. The molecule has 20 nitrogen and oxygen atoms in total. The van der Waals surface area contributed by atoms with E-state index in [4.69, 9.17) is 17.3 Å². The van der Waals surface area contributed by atoms with Crippen molar-refractivity contribution in [3.8, 4) is 11.5 Å². The van der Waals surface area contributed by atoms with Crippen molar-refractivity contribution in [3.63, 3.8) is 0 Å². The molecule has 0 saturated carbocycles. The molecule has 0 spiro atoms. The van der Waals surface area contributed by atoms with Crippen molar-refractivity contribution in [3.05, 3.63) is 65.4 Å². The number of benzene rings is 4. The fourth-order valence-corrected chi connectivity index (χ4v) is 6.33. The number of hydrogen-bond donors (Lipinski definition) is 1. The van der Waals surface area contributed by atoms with E-state index in [2.05, 4.69) is 35.4 Å². The van der Waals surface area contributed by atoms with Gasteiger partial charge in [-0.1, -0.05) is 17.6 Å². The van der Waals surface area contributed by atoms with Crippen LogP contribution in [-0.2, 0) is 47.4 Å². The fraction of sp³-hybridized carbons (Fsp3) is 0.0741. The zero-order chi connectivity index (χ0) is 37.6. The third-order valence-corrected chi connectivity index (χ3v) is 9.61. The smallest absolute Gasteiger partial charge is 0.871 e. The summed E-state index contributed by atoms with van der Waals surface area (Å²) in [7, 11) is -14.1. The van der Waals surface area contributed by atoms with E-state index >= 15 is 0 Å². The molecule has 5 aromatic rings. The van der Waals surface area contributed by atoms with Crippen LogP contribution in [0.2, 0.25) is 5.28 Å². The minimum atomic E-state index is -5.35. The second-order valence-corrected chi connectivity index (χ2v) is 14.7. The van der Waals surface area contributed by atoms with E-state index in [1.807, 2.05) is 0 Å². The Bertz CT molecular complexity index is 2660. The van der Waals surface area contributed by atoms with Crippen molar-refractivity contribution in [2.45, 2.75) is 21.6 Å². The minimum absolute atomic E-state index is 0. The van der Waals surface area contributed by atoms with Gasteiger partial charge in [0.15, 0.2) is 0 Å². The van der Waals surface area contributed by atoms with Crippen LogP contribution >= 0.6 is 11.6 Å². The summed E-state index contributed by atoms with van der Waals surface area (Å²) in [6.07, 6.45) is 0. The van der Waals surface area contributed by atoms with Gasteiger partial charge in [0.25, 0.3) is 0 Å². The number of hydrogen-bond acceptors (Lipinski definition) is 20. The van der Waals surface area contributed by atoms with Crippen LogP contribution in [0.5, 0.6) is 11.5 Å². The van der Waals surface area contributed by atoms with Gasteiger partial charge in [-0.15, -0.1) is 10.2 Å². The van der Waals surface area contributed by atoms with Crippen molar-refractivity contribution >= 4 is 93.1 Å². The first kappa shape index (κ1) is 51.1. The molecule has 0 fully saturated rings. The van der Waals surface area contributed by atoms with Gasteiger partial charge in [-0.25, -0.2) is 25.3 Å². The number of nitrogen functional groups attached to an aromatic ring is 1. The first-order chi connectivity index (χ1) is 23.6. The number of aromatic nitrogens is 3. The van der Waals surface area contributed by atoms with Crippen molar-refractivity contribution in [2.75, 3.05) is 17.7 Å². The number of nitrogens with zero attached hydrogens (tertiary/aromatic N) is 8. The number of azo groups is 2. The summed E-state index contributed by atoms with van der Waals surface area (Å²) < 4.78 is 106. The van der Waals surface area contributed by atoms with Crippen molar-refractivity contribution in [2.24, 2.45) is 20.5 Å². The van der Waals surface area contributed by atoms with Crippen LogP contribution in [0.15, 0.2) is 89.7 Å². The molecule has 0 amide bonds. The topological polar surface area (TPSA) is 335 Å². The predicted octanol–water partition coefficient (Wildman–Crippen LogP) is -5.96. The Morgan fingerprint density at radius 2 is 1.31 bits per heavy atom. The largest absolute Gasteiger partial charge is 2.00 e. The Kier molecular flexibility index (Phi) is 18.3. The molecule has 0 bridgehead atoms. The third-order valence-electron chi connectivity index (χ3n) is 6.87. The van der Waals surface area contributed by atoms with Crippen molar-refractivity contribution in [1.29, 1.82) is 0 Å². The molecule has 0 aliphatic rings. The summed E-state index contributed by atoms with van der Waals surface area (Å²) in [6, 6.07) is 8.58. The van der Waals surface area contributed by atoms with Gasteiger partial charge in [0.05, 0.1) is 31.7 Å². The normalized spacial score (nSPS) is 11.7. The van der Waals surface area contributed by atoms with E-state index in [9.17, 15) is 49.1 Å². The van der Waals surface area contributed by atoms with Gasteiger partial charge in [0.1, 0.15) is 36.0 Å². The van der Waals surface area contributed by atoms with E-state index in [1.165, 1.54) is 37.1 Å². The standard InChI is InChI=1S/C27H22ClN9O11S3.Cu.3Na/c1-12-7-18(20(38)11-17(12)33-35-19-10-15(49(40,41)42)4-6-21(19)50(43,44)45)34-36-23-22(51(46,47)48)9-13-8-14(3-5-16(13)24(23)39)37(2)27-31-25(28)30-26(29)32-27;;;;/h3-11,38-39H,1-2H3,(H,40,41,42)(H,43,44,45)(H,46,47,48)(H2,29,30,31,32);;;;/q;+2;3*+1/p-5. The molecular formula is C27H17ClCuN9Na3O11S3. The molecule has 0 aliphatic heterocycles. The maximum atomic E-state index is 13.4. The second kappa shape index (κ2) is 19.7. The number of aryl methyl sites for hydroxylation is 1. The summed E-state index contributed by atoms with van der Waals surface area (Å²) in [4.78, 5) is 10.0. The van der Waals surface area contributed by atoms with Crippen LogP contribution in [-0.4, -0.2) is 60.9 Å². The van der Waals surface area contributed by atoms with Crippen LogP contribution in [0.1, 0.15) is 5.56 Å². The van der Waals surface area contributed by atoms with Crippen LogP contribution in [0.4, 0.5) is 40.3 Å². The molecule has 5 rings (SSSR count). The summed E-state index contributed by atoms with van der Waals surface area (Å²) in [5.41, 5.74) is 3.66. The molecule has 2 N–H and O–H groups in total. The van der Waals surface area contributed by atoms with Crippen LogP contribution in [0.25, 0.3) is 10.8 Å². The molecule has 1 radical (unpaired) electrons. The van der Waals surface area contributed by atoms with Gasteiger partial charge in [0, 0.05) is 12.7 Å². The van der Waals surface area contributed by atoms with Gasteiger partial charge in [-0.3, -0.25) is 0 Å². The molecule has 0 saturated heterocycles. The summed E-state index contributed by atoms with van der Waals surface area (Å²) in [6.45, 7) is 1.37. The number of anilines is 3. The number of halogens is 1. The van der Waals surface area contributed by atoms with Gasteiger partial charge < -0.3 is 34.5 Å². The van der Waals surface area contributed by atoms with Gasteiger partial charge >= 0.3 is 106 Å². The van der Waals surface area contributed by atoms with Crippen molar-refractivity contribution in [1.82, 2.24) is 15.0 Å². The van der Waals surface area contributed by atoms with Gasteiger partial charge in [-0.05, 0) is 83.4 Å². The van der Waals surface area contributed by atoms with Crippen LogP contribution in [0.3, 0.4) is 0 Å². The Balaban J connectivity index is 0.00000378. The maximum absolute atomic E-state index is 13.4. The quantitative estimate of drug-likeness (QED) is 0.0817. The SMILES string of the molecule is Cc1cc(N=Nc2c(S(=O)(=O)[O-])cc3cc(N(C)c4nc(N)nc(Cl)n4)ccc3c2[O-])c([O-])cc1N=Nc1cc(S(=O)(=O)[O-])ccc1S(=O)(=O)[O-].[Cu+2].[Na+].[Na+].[Na+]. The summed E-state index contributed by atoms with van der Waals surface area (Å²) in [5.74, 6) is -2.12. The Labute approximate surface area is 394 Å². The molecule has 275 valence electrons. The molecule has 55 heavy (non-hydrogen) atoms. The third kappa shape index (κ3) is 12.1. The van der Waals surface area contributed by atoms with Gasteiger partial charge in [-0.2, -0.15) is 25.2 Å². The average molecular weight is 908 g/mol. The van der Waals surface area contributed by atoms with E-state index in [0.717, 1.165) is 18.2 Å². The van der Waals surface area contributed by atoms with E-state index < -0.39 is 73.6 Å². The average Bonchev–Trinajstić information content (AvgIpc) is 3.02. The Morgan fingerprint density at radius 1 is 0.709 bits per heavy atom. The molecule has 0 unspecified atom stereocenters. The second-order valence-electron chi connectivity index (χ2n) is 10.3. The number of fused-ring (bicyclic) bond motifs is 1. The molecule has 28 heteroatoms. The first-order valence-corrected chi connectivity index (χ1v) is 18.1. The monoisotopic (exact) mass is 906 g/mol. The van der Waals surface area contributed by atoms with Crippen molar-refractivity contribution < 1.29 is 155 Å². The fourth-order valence-electron chi connectivity index (χ4n) is 4.44.